The quantitative estimate of drug-likeness (QED) is 0.711. The summed E-state index contributed by atoms with van der Waals surface area (Å²) in [5, 5.41) is 5.73. The van der Waals surface area contributed by atoms with Crippen molar-refractivity contribution in [1.82, 2.24) is 14.6 Å². The van der Waals surface area contributed by atoms with Gasteiger partial charge in [-0.3, -0.25) is 0 Å². The fraction of sp³-hybridized carbons (Fsp3) is 0.231. The summed E-state index contributed by atoms with van der Waals surface area (Å²) >= 11 is 5.12. The van der Waals surface area contributed by atoms with Gasteiger partial charge in [0.15, 0.2) is 0 Å². The van der Waals surface area contributed by atoms with Crippen LogP contribution in [0.2, 0.25) is 0 Å². The summed E-state index contributed by atoms with van der Waals surface area (Å²) in [5.41, 5.74) is 3.27. The lowest BCUT2D eigenvalue weighted by Crippen LogP contribution is -1.91. The lowest BCUT2D eigenvalue weighted by atomic mass is 10.1. The molecule has 0 aliphatic rings. The molecule has 0 aliphatic carbocycles. The summed E-state index contributed by atoms with van der Waals surface area (Å²) < 4.78 is 3.04. The van der Waals surface area contributed by atoms with Crippen LogP contribution in [0.5, 0.6) is 0 Å². The first-order valence-electron chi connectivity index (χ1n) is 5.80. The van der Waals surface area contributed by atoms with E-state index in [1.807, 2.05) is 23.6 Å². The number of fused-ring (bicyclic) bond motifs is 1. The van der Waals surface area contributed by atoms with Crippen molar-refractivity contribution < 1.29 is 0 Å². The Kier molecular flexibility index (Phi) is 2.95. The normalized spacial score (nSPS) is 11.3. The highest BCUT2D eigenvalue weighted by Crippen LogP contribution is 2.28. The van der Waals surface area contributed by atoms with Crippen molar-refractivity contribution in [2.75, 3.05) is 0 Å². The summed E-state index contributed by atoms with van der Waals surface area (Å²) in [6, 6.07) is 8.26. The van der Waals surface area contributed by atoms with Gasteiger partial charge in [0.1, 0.15) is 5.01 Å². The number of nitrogens with zero attached hydrogens (tertiary/aromatic N) is 3. The fourth-order valence-corrected chi connectivity index (χ4v) is 3.11. The number of aryl methyl sites for hydroxylation is 2. The van der Waals surface area contributed by atoms with E-state index in [1.165, 1.54) is 0 Å². The summed E-state index contributed by atoms with van der Waals surface area (Å²) in [4.78, 5) is 5.56. The first-order chi connectivity index (χ1) is 8.69. The van der Waals surface area contributed by atoms with E-state index in [4.69, 9.17) is 0 Å². The zero-order chi connectivity index (χ0) is 12.7. The number of benzene rings is 1. The topological polar surface area (TPSA) is 30.2 Å². The van der Waals surface area contributed by atoms with Gasteiger partial charge in [0.05, 0.1) is 11.4 Å². The van der Waals surface area contributed by atoms with E-state index in [0.717, 1.165) is 37.8 Å². The molecule has 3 aromatic rings. The predicted molar refractivity (Wildman–Crippen MR) is 78.1 cm³/mol. The van der Waals surface area contributed by atoms with Gasteiger partial charge in [0.25, 0.3) is 0 Å². The first kappa shape index (κ1) is 11.9. The van der Waals surface area contributed by atoms with E-state index in [2.05, 4.69) is 45.1 Å². The van der Waals surface area contributed by atoms with E-state index >= 15 is 0 Å². The van der Waals surface area contributed by atoms with Crippen LogP contribution < -0.4 is 0 Å². The lowest BCUT2D eigenvalue weighted by Gasteiger charge is -2.00. The van der Waals surface area contributed by atoms with Crippen molar-refractivity contribution in [3.63, 3.8) is 0 Å². The van der Waals surface area contributed by atoms with Crippen LogP contribution in [0.4, 0.5) is 0 Å². The third kappa shape index (κ3) is 1.87. The van der Waals surface area contributed by atoms with Crippen molar-refractivity contribution in [2.24, 2.45) is 0 Å². The SMILES string of the molecule is CCc1nn2c(-c3ccc(Br)cc3)c(C)nc2s1. The molecular formula is C13H12BrN3S. The molecule has 0 saturated carbocycles. The molecule has 0 fully saturated rings. The van der Waals surface area contributed by atoms with Gasteiger partial charge in [-0.1, -0.05) is 46.3 Å². The molecule has 1 aromatic carbocycles. The summed E-state index contributed by atoms with van der Waals surface area (Å²) in [6.07, 6.45) is 0.951. The Hall–Kier alpha value is -1.20. The Labute approximate surface area is 118 Å². The van der Waals surface area contributed by atoms with Crippen LogP contribution in [-0.2, 0) is 6.42 Å². The van der Waals surface area contributed by atoms with Gasteiger partial charge in [-0.25, -0.2) is 9.50 Å². The standard InChI is InChI=1S/C13H12BrN3S/c1-3-11-16-17-12(8(2)15-13(17)18-11)9-4-6-10(14)7-5-9/h4-7H,3H2,1-2H3. The number of rotatable bonds is 2. The molecule has 2 aromatic heterocycles. The van der Waals surface area contributed by atoms with Crippen LogP contribution >= 0.6 is 27.3 Å². The number of aromatic nitrogens is 3. The molecule has 0 amide bonds. The second-order valence-electron chi connectivity index (χ2n) is 4.10. The van der Waals surface area contributed by atoms with Gasteiger partial charge in [0, 0.05) is 10.0 Å². The number of hydrogen-bond donors (Lipinski definition) is 0. The third-order valence-electron chi connectivity index (χ3n) is 2.84. The average Bonchev–Trinajstić information content (AvgIpc) is 2.87. The average molecular weight is 322 g/mol. The van der Waals surface area contributed by atoms with Crippen LogP contribution in [-0.4, -0.2) is 14.6 Å². The Morgan fingerprint density at radius 2 is 2.00 bits per heavy atom. The van der Waals surface area contributed by atoms with Gasteiger partial charge in [0.2, 0.25) is 4.96 Å². The molecule has 92 valence electrons. The lowest BCUT2D eigenvalue weighted by molar-refractivity contribution is 0.914. The second-order valence-corrected chi connectivity index (χ2v) is 6.05. The maximum Gasteiger partial charge on any atom is 0.212 e. The molecule has 0 radical (unpaired) electrons. The van der Waals surface area contributed by atoms with Crippen molar-refractivity contribution in [3.05, 3.63) is 39.4 Å². The Morgan fingerprint density at radius 3 is 2.67 bits per heavy atom. The van der Waals surface area contributed by atoms with Gasteiger partial charge in [-0.2, -0.15) is 5.10 Å². The van der Waals surface area contributed by atoms with E-state index in [1.54, 1.807) is 11.3 Å². The van der Waals surface area contributed by atoms with E-state index in [0.29, 0.717) is 0 Å². The zero-order valence-electron chi connectivity index (χ0n) is 10.1. The third-order valence-corrected chi connectivity index (χ3v) is 4.42. The highest BCUT2D eigenvalue weighted by atomic mass is 79.9. The number of imidazole rings is 1. The number of halogens is 1. The van der Waals surface area contributed by atoms with Crippen LogP contribution in [0, 0.1) is 6.92 Å². The number of hydrogen-bond acceptors (Lipinski definition) is 3. The molecular weight excluding hydrogens is 310 g/mol. The molecule has 2 heterocycles. The van der Waals surface area contributed by atoms with Crippen LogP contribution in [0.15, 0.2) is 28.7 Å². The molecule has 0 aliphatic heterocycles. The summed E-state index contributed by atoms with van der Waals surface area (Å²) in [5.74, 6) is 0. The summed E-state index contributed by atoms with van der Waals surface area (Å²) in [7, 11) is 0. The highest BCUT2D eigenvalue weighted by molar-refractivity contribution is 9.10. The Balaban J connectivity index is 2.23. The maximum atomic E-state index is 4.61. The van der Waals surface area contributed by atoms with Crippen LogP contribution in [0.3, 0.4) is 0 Å². The van der Waals surface area contributed by atoms with Crippen molar-refractivity contribution >= 4 is 32.2 Å². The monoisotopic (exact) mass is 321 g/mol. The molecule has 0 unspecified atom stereocenters. The minimum atomic E-state index is 0.951. The summed E-state index contributed by atoms with van der Waals surface area (Å²) in [6.45, 7) is 4.15. The molecule has 0 saturated heterocycles. The second kappa shape index (κ2) is 4.48. The van der Waals surface area contributed by atoms with Crippen molar-refractivity contribution in [1.29, 1.82) is 0 Å². The minimum Gasteiger partial charge on any atom is -0.222 e. The molecule has 0 atom stereocenters. The molecule has 0 spiro atoms. The molecule has 0 N–H and O–H groups in total. The van der Waals surface area contributed by atoms with Crippen LogP contribution in [0.25, 0.3) is 16.2 Å². The predicted octanol–water partition coefficient (Wildman–Crippen LogP) is 4.09. The van der Waals surface area contributed by atoms with Gasteiger partial charge in [-0.15, -0.1) is 0 Å². The largest absolute Gasteiger partial charge is 0.222 e. The minimum absolute atomic E-state index is 0.951. The van der Waals surface area contributed by atoms with Gasteiger partial charge >= 0.3 is 0 Å². The van der Waals surface area contributed by atoms with Gasteiger partial charge in [-0.05, 0) is 25.5 Å². The Bertz CT molecular complexity index is 697. The smallest absolute Gasteiger partial charge is 0.212 e. The maximum absolute atomic E-state index is 4.61. The Morgan fingerprint density at radius 1 is 1.28 bits per heavy atom. The van der Waals surface area contributed by atoms with Crippen molar-refractivity contribution in [3.8, 4) is 11.3 Å². The van der Waals surface area contributed by atoms with E-state index in [9.17, 15) is 0 Å². The molecule has 18 heavy (non-hydrogen) atoms. The zero-order valence-corrected chi connectivity index (χ0v) is 12.5. The van der Waals surface area contributed by atoms with Gasteiger partial charge < -0.3 is 0 Å². The highest BCUT2D eigenvalue weighted by Gasteiger charge is 2.14. The first-order valence-corrected chi connectivity index (χ1v) is 7.41. The van der Waals surface area contributed by atoms with E-state index < -0.39 is 0 Å². The van der Waals surface area contributed by atoms with Crippen molar-refractivity contribution in [2.45, 2.75) is 20.3 Å². The molecule has 0 bridgehead atoms. The molecule has 3 rings (SSSR count). The molecule has 3 nitrogen and oxygen atoms in total. The van der Waals surface area contributed by atoms with E-state index in [-0.39, 0.29) is 0 Å². The van der Waals surface area contributed by atoms with Crippen LogP contribution in [0.1, 0.15) is 17.6 Å². The molecule has 5 heteroatoms. The fourth-order valence-electron chi connectivity index (χ4n) is 1.97.